The highest BCUT2D eigenvalue weighted by atomic mass is 16.5. The molecule has 2 N–H and O–H groups in total. The maximum absolute atomic E-state index is 12.2. The van der Waals surface area contributed by atoms with E-state index in [1.165, 1.54) is 26.4 Å². The first kappa shape index (κ1) is 16.7. The van der Waals surface area contributed by atoms with Crippen molar-refractivity contribution in [1.82, 2.24) is 10.3 Å². The van der Waals surface area contributed by atoms with E-state index in [0.717, 1.165) is 0 Å². The first-order valence-electron chi connectivity index (χ1n) is 6.51. The van der Waals surface area contributed by atoms with Crippen molar-refractivity contribution < 1.29 is 24.2 Å². The van der Waals surface area contributed by atoms with E-state index in [9.17, 15) is 9.59 Å². The van der Waals surface area contributed by atoms with Crippen LogP contribution in [0.25, 0.3) is 0 Å². The molecule has 7 heteroatoms. The molecular weight excluding hydrogens is 276 g/mol. The molecule has 0 aliphatic carbocycles. The van der Waals surface area contributed by atoms with Gasteiger partial charge >= 0.3 is 5.97 Å². The first-order valence-corrected chi connectivity index (χ1v) is 6.51. The molecule has 0 bridgehead atoms. The fourth-order valence-electron chi connectivity index (χ4n) is 1.76. The standard InChI is InChI=1S/C14H20N2O5/c1-8(2)5-10(14(18)19)15-13(17)9-6-11(20-3)16-12(7-9)21-4/h6-8,10H,5H2,1-4H3,(H,15,17)(H,18,19). The molecule has 0 spiro atoms. The number of nitrogens with zero attached hydrogens (tertiary/aromatic N) is 1. The van der Waals surface area contributed by atoms with Crippen molar-refractivity contribution in [2.24, 2.45) is 5.92 Å². The van der Waals surface area contributed by atoms with Crippen molar-refractivity contribution in [3.05, 3.63) is 17.7 Å². The number of methoxy groups -OCH3 is 2. The molecule has 0 saturated heterocycles. The summed E-state index contributed by atoms with van der Waals surface area (Å²) in [6.07, 6.45) is 0.348. The number of ether oxygens (including phenoxy) is 2. The predicted molar refractivity (Wildman–Crippen MR) is 75.7 cm³/mol. The summed E-state index contributed by atoms with van der Waals surface area (Å²) in [4.78, 5) is 27.3. The highest BCUT2D eigenvalue weighted by Crippen LogP contribution is 2.18. The summed E-state index contributed by atoms with van der Waals surface area (Å²) in [5.41, 5.74) is 0.230. The third kappa shape index (κ3) is 4.94. The van der Waals surface area contributed by atoms with Crippen LogP contribution in [-0.4, -0.2) is 42.2 Å². The largest absolute Gasteiger partial charge is 0.481 e. The molecule has 1 heterocycles. The van der Waals surface area contributed by atoms with Gasteiger partial charge in [-0.2, -0.15) is 4.98 Å². The summed E-state index contributed by atoms with van der Waals surface area (Å²) in [6, 6.07) is 1.90. The molecule has 1 rings (SSSR count). The molecule has 0 radical (unpaired) electrons. The van der Waals surface area contributed by atoms with Crippen LogP contribution in [0, 0.1) is 5.92 Å². The third-order valence-electron chi connectivity index (χ3n) is 2.77. The second kappa shape index (κ2) is 7.47. The molecule has 1 unspecified atom stereocenters. The second-order valence-electron chi connectivity index (χ2n) is 4.93. The smallest absolute Gasteiger partial charge is 0.326 e. The van der Waals surface area contributed by atoms with Gasteiger partial charge in [0.1, 0.15) is 6.04 Å². The van der Waals surface area contributed by atoms with Gasteiger partial charge in [-0.15, -0.1) is 0 Å². The van der Waals surface area contributed by atoms with Crippen LogP contribution in [-0.2, 0) is 4.79 Å². The van der Waals surface area contributed by atoms with Crippen molar-refractivity contribution in [1.29, 1.82) is 0 Å². The zero-order valence-electron chi connectivity index (χ0n) is 12.5. The number of carbonyl (C=O) groups is 2. The number of nitrogens with one attached hydrogen (secondary N) is 1. The van der Waals surface area contributed by atoms with Crippen LogP contribution < -0.4 is 14.8 Å². The average Bonchev–Trinajstić information content (AvgIpc) is 2.45. The van der Waals surface area contributed by atoms with Gasteiger partial charge in [0.25, 0.3) is 5.91 Å². The molecule has 116 valence electrons. The van der Waals surface area contributed by atoms with Gasteiger partial charge in [0.05, 0.1) is 19.8 Å². The minimum Gasteiger partial charge on any atom is -0.481 e. The lowest BCUT2D eigenvalue weighted by molar-refractivity contribution is -0.139. The number of hydrogen-bond acceptors (Lipinski definition) is 5. The Morgan fingerprint density at radius 2 is 1.76 bits per heavy atom. The van der Waals surface area contributed by atoms with E-state index in [4.69, 9.17) is 14.6 Å². The maximum Gasteiger partial charge on any atom is 0.326 e. The lowest BCUT2D eigenvalue weighted by Crippen LogP contribution is -2.41. The molecule has 0 aliphatic rings. The highest BCUT2D eigenvalue weighted by molar-refractivity contribution is 5.97. The van der Waals surface area contributed by atoms with Crippen LogP contribution in [0.1, 0.15) is 30.6 Å². The van der Waals surface area contributed by atoms with E-state index in [0.29, 0.717) is 6.42 Å². The van der Waals surface area contributed by atoms with Crippen LogP contribution in [0.15, 0.2) is 12.1 Å². The number of carboxylic acid groups (broad SMARTS) is 1. The Kier molecular flexibility index (Phi) is 5.95. The summed E-state index contributed by atoms with van der Waals surface area (Å²) in [5, 5.41) is 11.6. The number of aromatic nitrogens is 1. The molecule has 0 aromatic carbocycles. The summed E-state index contributed by atoms with van der Waals surface area (Å²) in [5.74, 6) is -0.995. The molecule has 1 amide bonds. The van der Waals surface area contributed by atoms with Gasteiger partial charge in [-0.3, -0.25) is 4.79 Å². The topological polar surface area (TPSA) is 97.8 Å². The quantitative estimate of drug-likeness (QED) is 0.787. The van der Waals surface area contributed by atoms with Crippen molar-refractivity contribution in [3.8, 4) is 11.8 Å². The van der Waals surface area contributed by atoms with Gasteiger partial charge < -0.3 is 19.9 Å². The fourth-order valence-corrected chi connectivity index (χ4v) is 1.76. The first-order chi connectivity index (χ1) is 9.87. The van der Waals surface area contributed by atoms with Gasteiger partial charge in [-0.05, 0) is 12.3 Å². The van der Waals surface area contributed by atoms with Gasteiger partial charge in [0.15, 0.2) is 0 Å². The fraction of sp³-hybridized carbons (Fsp3) is 0.500. The Balaban J connectivity index is 2.94. The highest BCUT2D eigenvalue weighted by Gasteiger charge is 2.22. The minimum atomic E-state index is -1.06. The Morgan fingerprint density at radius 1 is 1.24 bits per heavy atom. The number of amides is 1. The van der Waals surface area contributed by atoms with Gasteiger partial charge in [0, 0.05) is 12.1 Å². The molecule has 0 aliphatic heterocycles. The Bertz CT molecular complexity index is 494. The Hall–Kier alpha value is -2.31. The summed E-state index contributed by atoms with van der Waals surface area (Å²) >= 11 is 0. The van der Waals surface area contributed by atoms with Crippen LogP contribution >= 0.6 is 0 Å². The van der Waals surface area contributed by atoms with E-state index in [1.807, 2.05) is 13.8 Å². The van der Waals surface area contributed by atoms with Crippen molar-refractivity contribution in [2.45, 2.75) is 26.3 Å². The van der Waals surface area contributed by atoms with Crippen molar-refractivity contribution in [3.63, 3.8) is 0 Å². The summed E-state index contributed by atoms with van der Waals surface area (Å²) in [7, 11) is 2.84. The number of carboxylic acids is 1. The number of aliphatic carboxylic acids is 1. The molecule has 7 nitrogen and oxygen atoms in total. The van der Waals surface area contributed by atoms with E-state index >= 15 is 0 Å². The molecule has 21 heavy (non-hydrogen) atoms. The molecule has 0 fully saturated rings. The molecular formula is C14H20N2O5. The van der Waals surface area contributed by atoms with Crippen LogP contribution in [0.4, 0.5) is 0 Å². The predicted octanol–water partition coefficient (Wildman–Crippen LogP) is 1.33. The third-order valence-corrected chi connectivity index (χ3v) is 2.77. The Morgan fingerprint density at radius 3 is 2.14 bits per heavy atom. The second-order valence-corrected chi connectivity index (χ2v) is 4.93. The van der Waals surface area contributed by atoms with Crippen molar-refractivity contribution >= 4 is 11.9 Å². The normalized spacial score (nSPS) is 11.9. The molecule has 1 aromatic heterocycles. The minimum absolute atomic E-state index is 0.146. The van der Waals surface area contributed by atoms with Crippen molar-refractivity contribution in [2.75, 3.05) is 14.2 Å². The van der Waals surface area contributed by atoms with Crippen LogP contribution in [0.3, 0.4) is 0 Å². The summed E-state index contributed by atoms with van der Waals surface area (Å²) < 4.78 is 9.95. The maximum atomic E-state index is 12.2. The zero-order chi connectivity index (χ0) is 16.0. The molecule has 1 aromatic rings. The van der Waals surface area contributed by atoms with E-state index in [1.54, 1.807) is 0 Å². The number of rotatable bonds is 7. The Labute approximate surface area is 123 Å². The van der Waals surface area contributed by atoms with Gasteiger partial charge in [0.2, 0.25) is 11.8 Å². The number of carbonyl (C=O) groups excluding carboxylic acids is 1. The van der Waals surface area contributed by atoms with E-state index in [-0.39, 0.29) is 23.2 Å². The summed E-state index contributed by atoms with van der Waals surface area (Å²) in [6.45, 7) is 3.78. The van der Waals surface area contributed by atoms with Gasteiger partial charge in [-0.1, -0.05) is 13.8 Å². The monoisotopic (exact) mass is 296 g/mol. The van der Waals surface area contributed by atoms with Crippen LogP contribution in [0.5, 0.6) is 11.8 Å². The molecule has 1 atom stereocenters. The van der Waals surface area contributed by atoms with E-state index < -0.39 is 17.9 Å². The van der Waals surface area contributed by atoms with Crippen LogP contribution in [0.2, 0.25) is 0 Å². The lowest BCUT2D eigenvalue weighted by atomic mass is 10.0. The lowest BCUT2D eigenvalue weighted by Gasteiger charge is -2.16. The van der Waals surface area contributed by atoms with Gasteiger partial charge in [-0.25, -0.2) is 4.79 Å². The van der Waals surface area contributed by atoms with E-state index in [2.05, 4.69) is 10.3 Å². The SMILES string of the molecule is COc1cc(C(=O)NC(CC(C)C)C(=O)O)cc(OC)n1. The molecule has 0 saturated carbocycles. The number of hydrogen-bond donors (Lipinski definition) is 2. The average molecular weight is 296 g/mol. The number of pyridine rings is 1. The zero-order valence-corrected chi connectivity index (χ0v) is 12.5.